The van der Waals surface area contributed by atoms with Crippen LogP contribution >= 0.6 is 11.8 Å². The Morgan fingerprint density at radius 1 is 1.33 bits per heavy atom. The molecule has 4 nitrogen and oxygen atoms in total. The highest BCUT2D eigenvalue weighted by atomic mass is 32.2. The molecule has 0 aliphatic heterocycles. The molecule has 21 heavy (non-hydrogen) atoms. The van der Waals surface area contributed by atoms with Gasteiger partial charge in [0.05, 0.1) is 12.0 Å². The van der Waals surface area contributed by atoms with E-state index in [0.29, 0.717) is 5.56 Å². The summed E-state index contributed by atoms with van der Waals surface area (Å²) in [5.74, 6) is -1.02. The number of hydrogen-bond acceptors (Lipinski definition) is 3. The van der Waals surface area contributed by atoms with Crippen molar-refractivity contribution in [1.29, 1.82) is 0 Å². The van der Waals surface area contributed by atoms with Gasteiger partial charge < -0.3 is 10.4 Å². The van der Waals surface area contributed by atoms with Crippen molar-refractivity contribution >= 4 is 23.6 Å². The molecule has 5 heteroatoms. The van der Waals surface area contributed by atoms with Crippen LogP contribution in [-0.4, -0.2) is 28.8 Å². The van der Waals surface area contributed by atoms with Crippen molar-refractivity contribution in [3.05, 3.63) is 29.3 Å². The number of carboxylic acids is 1. The van der Waals surface area contributed by atoms with Crippen molar-refractivity contribution in [2.75, 3.05) is 6.26 Å². The lowest BCUT2D eigenvalue weighted by atomic mass is 9.92. The van der Waals surface area contributed by atoms with Crippen LogP contribution in [0.4, 0.5) is 0 Å². The molecule has 0 unspecified atom stereocenters. The van der Waals surface area contributed by atoms with E-state index in [1.54, 1.807) is 11.8 Å². The summed E-state index contributed by atoms with van der Waals surface area (Å²) in [7, 11) is 0. The third kappa shape index (κ3) is 3.79. The number of benzene rings is 1. The third-order valence-electron chi connectivity index (χ3n) is 4.12. The van der Waals surface area contributed by atoms with E-state index in [4.69, 9.17) is 5.11 Å². The third-order valence-corrected chi connectivity index (χ3v) is 4.84. The fourth-order valence-corrected chi connectivity index (χ4v) is 3.41. The molecule has 0 radical (unpaired) electrons. The zero-order valence-electron chi connectivity index (χ0n) is 12.4. The Morgan fingerprint density at radius 2 is 2.00 bits per heavy atom. The maximum absolute atomic E-state index is 12.6. The highest BCUT2D eigenvalue weighted by Gasteiger charge is 2.37. The molecule has 114 valence electrons. The predicted octanol–water partition coefficient (Wildman–Crippen LogP) is 3.23. The van der Waals surface area contributed by atoms with E-state index >= 15 is 0 Å². The second kappa shape index (κ2) is 6.52. The zero-order valence-corrected chi connectivity index (χ0v) is 13.3. The molecule has 1 aliphatic rings. The van der Waals surface area contributed by atoms with Crippen molar-refractivity contribution in [2.45, 2.75) is 49.5 Å². The molecule has 0 spiro atoms. The summed E-state index contributed by atoms with van der Waals surface area (Å²) in [6.07, 6.45) is 5.39. The standard InChI is InChI=1S/C16H21NO3S/c1-11-5-6-12(21-2)9-13(11)15(20)17-16(10-14(18)19)7-3-4-8-16/h5-6,9H,3-4,7-8,10H2,1-2H3,(H,17,20)(H,18,19). The Kier molecular flexibility index (Phi) is 4.93. The second-order valence-electron chi connectivity index (χ2n) is 5.69. The van der Waals surface area contributed by atoms with Crippen molar-refractivity contribution in [1.82, 2.24) is 5.32 Å². The topological polar surface area (TPSA) is 66.4 Å². The Balaban J connectivity index is 2.21. The van der Waals surface area contributed by atoms with Crippen LogP contribution in [0, 0.1) is 6.92 Å². The van der Waals surface area contributed by atoms with Gasteiger partial charge in [-0.1, -0.05) is 18.9 Å². The minimum absolute atomic E-state index is 0.00000606. The van der Waals surface area contributed by atoms with Crippen LogP contribution in [-0.2, 0) is 4.79 Å². The average Bonchev–Trinajstić information content (AvgIpc) is 2.86. The molecular formula is C16H21NO3S. The Hall–Kier alpha value is -1.49. The second-order valence-corrected chi connectivity index (χ2v) is 6.57. The lowest BCUT2D eigenvalue weighted by Crippen LogP contribution is -2.48. The first-order valence-electron chi connectivity index (χ1n) is 7.15. The lowest BCUT2D eigenvalue weighted by molar-refractivity contribution is -0.138. The molecule has 0 aromatic heterocycles. The van der Waals surface area contributed by atoms with E-state index in [1.807, 2.05) is 31.4 Å². The van der Waals surface area contributed by atoms with Crippen LogP contribution in [0.1, 0.15) is 48.0 Å². The van der Waals surface area contributed by atoms with Gasteiger partial charge in [-0.3, -0.25) is 9.59 Å². The molecule has 2 N–H and O–H groups in total. The number of nitrogens with one attached hydrogen (secondary N) is 1. The van der Waals surface area contributed by atoms with E-state index in [1.165, 1.54) is 0 Å². The molecule has 1 aliphatic carbocycles. The minimum atomic E-state index is -0.855. The first kappa shape index (κ1) is 15.9. The van der Waals surface area contributed by atoms with Gasteiger partial charge in [-0.05, 0) is 43.7 Å². The van der Waals surface area contributed by atoms with Crippen LogP contribution in [0.25, 0.3) is 0 Å². The zero-order chi connectivity index (χ0) is 15.5. The molecule has 1 aromatic rings. The van der Waals surface area contributed by atoms with Crippen molar-refractivity contribution in [3.8, 4) is 0 Å². The largest absolute Gasteiger partial charge is 0.481 e. The maximum Gasteiger partial charge on any atom is 0.305 e. The van der Waals surface area contributed by atoms with Gasteiger partial charge in [-0.15, -0.1) is 11.8 Å². The van der Waals surface area contributed by atoms with Crippen molar-refractivity contribution < 1.29 is 14.7 Å². The van der Waals surface area contributed by atoms with Crippen LogP contribution in [0.15, 0.2) is 23.1 Å². The molecule has 1 amide bonds. The first-order valence-corrected chi connectivity index (χ1v) is 8.37. The SMILES string of the molecule is CSc1ccc(C)c(C(=O)NC2(CC(=O)O)CCCC2)c1. The summed E-state index contributed by atoms with van der Waals surface area (Å²) < 4.78 is 0. The lowest BCUT2D eigenvalue weighted by Gasteiger charge is -2.29. The van der Waals surface area contributed by atoms with E-state index in [2.05, 4.69) is 5.32 Å². The van der Waals surface area contributed by atoms with Crippen LogP contribution in [0.3, 0.4) is 0 Å². The molecule has 1 fully saturated rings. The maximum atomic E-state index is 12.6. The van der Waals surface area contributed by atoms with E-state index in [9.17, 15) is 9.59 Å². The van der Waals surface area contributed by atoms with E-state index < -0.39 is 11.5 Å². The molecule has 0 heterocycles. The molecule has 0 bridgehead atoms. The molecule has 0 atom stereocenters. The predicted molar refractivity (Wildman–Crippen MR) is 83.9 cm³/mol. The highest BCUT2D eigenvalue weighted by Crippen LogP contribution is 2.33. The molecule has 2 rings (SSSR count). The van der Waals surface area contributed by atoms with Gasteiger partial charge in [0.2, 0.25) is 0 Å². The van der Waals surface area contributed by atoms with Crippen LogP contribution < -0.4 is 5.32 Å². The summed E-state index contributed by atoms with van der Waals surface area (Å²) in [6, 6.07) is 5.79. The summed E-state index contributed by atoms with van der Waals surface area (Å²) in [5.41, 5.74) is 0.970. The fourth-order valence-electron chi connectivity index (χ4n) is 2.97. The van der Waals surface area contributed by atoms with Crippen molar-refractivity contribution in [3.63, 3.8) is 0 Å². The molecule has 1 saturated carbocycles. The van der Waals surface area contributed by atoms with Crippen LogP contribution in [0.5, 0.6) is 0 Å². The fraction of sp³-hybridized carbons (Fsp3) is 0.500. The number of carbonyl (C=O) groups is 2. The first-order chi connectivity index (χ1) is 9.96. The van der Waals surface area contributed by atoms with Gasteiger partial charge in [-0.2, -0.15) is 0 Å². The van der Waals surface area contributed by atoms with Gasteiger partial charge in [0, 0.05) is 10.5 Å². The summed E-state index contributed by atoms with van der Waals surface area (Å²) in [4.78, 5) is 24.7. The average molecular weight is 307 g/mol. The number of carboxylic acid groups (broad SMARTS) is 1. The Morgan fingerprint density at radius 3 is 2.57 bits per heavy atom. The Bertz CT molecular complexity index is 550. The van der Waals surface area contributed by atoms with E-state index in [-0.39, 0.29) is 12.3 Å². The minimum Gasteiger partial charge on any atom is -0.481 e. The highest BCUT2D eigenvalue weighted by molar-refractivity contribution is 7.98. The molecular weight excluding hydrogens is 286 g/mol. The molecule has 0 saturated heterocycles. The molecule has 1 aromatic carbocycles. The summed E-state index contributed by atoms with van der Waals surface area (Å²) >= 11 is 1.59. The number of aryl methyl sites for hydroxylation is 1. The van der Waals surface area contributed by atoms with E-state index in [0.717, 1.165) is 36.1 Å². The van der Waals surface area contributed by atoms with Crippen LogP contribution in [0.2, 0.25) is 0 Å². The summed E-state index contributed by atoms with van der Waals surface area (Å²) in [6.45, 7) is 1.90. The number of rotatable bonds is 5. The number of hydrogen-bond donors (Lipinski definition) is 2. The smallest absolute Gasteiger partial charge is 0.305 e. The van der Waals surface area contributed by atoms with Crippen molar-refractivity contribution in [2.24, 2.45) is 0 Å². The number of aliphatic carboxylic acids is 1. The number of amides is 1. The number of carbonyl (C=O) groups excluding carboxylic acids is 1. The normalized spacial score (nSPS) is 16.7. The van der Waals surface area contributed by atoms with Gasteiger partial charge in [0.25, 0.3) is 5.91 Å². The van der Waals surface area contributed by atoms with Gasteiger partial charge in [0.1, 0.15) is 0 Å². The van der Waals surface area contributed by atoms with Gasteiger partial charge in [0.15, 0.2) is 0 Å². The summed E-state index contributed by atoms with van der Waals surface area (Å²) in [5, 5.41) is 12.1. The Labute approximate surface area is 129 Å². The monoisotopic (exact) mass is 307 g/mol. The quantitative estimate of drug-likeness (QED) is 0.820. The van der Waals surface area contributed by atoms with Gasteiger partial charge >= 0.3 is 5.97 Å². The van der Waals surface area contributed by atoms with Gasteiger partial charge in [-0.25, -0.2) is 0 Å². The number of thioether (sulfide) groups is 1.